The van der Waals surface area contributed by atoms with E-state index < -0.39 is 5.41 Å². The van der Waals surface area contributed by atoms with Crippen molar-refractivity contribution in [1.29, 1.82) is 0 Å². The van der Waals surface area contributed by atoms with Gasteiger partial charge in [-0.25, -0.2) is 0 Å². The van der Waals surface area contributed by atoms with Crippen LogP contribution < -0.4 is 10.2 Å². The average Bonchev–Trinajstić information content (AvgIpc) is 1.47. The summed E-state index contributed by atoms with van der Waals surface area (Å²) in [6.45, 7) is 9.52. The van der Waals surface area contributed by atoms with Gasteiger partial charge in [0.1, 0.15) is 0 Å². The molecule has 2 nitrogen and oxygen atoms in total. The zero-order valence-corrected chi connectivity index (χ0v) is 65.5. The van der Waals surface area contributed by atoms with Crippen molar-refractivity contribution in [3.8, 4) is 66.8 Å². The molecule has 0 radical (unpaired) electrons. The molecule has 0 fully saturated rings. The number of fused-ring (bicyclic) bond motifs is 20. The molecule has 4 aliphatic carbocycles. The predicted molar refractivity (Wildman–Crippen MR) is 491 cm³/mol. The summed E-state index contributed by atoms with van der Waals surface area (Å²) >= 11 is 6.67. The molecule has 1 N–H and O–H groups in total. The average molecular weight is 1510 g/mol. The molecule has 3 heteroatoms. The molecular weight excluding hydrogens is 1420 g/mol. The van der Waals surface area contributed by atoms with Gasteiger partial charge in [0, 0.05) is 49.4 Å². The Bertz CT molecular complexity index is 6640. The van der Waals surface area contributed by atoms with Crippen LogP contribution >= 0.6 is 11.6 Å². The SMILES string of the molecule is C.CC1(C)c2ccccc2C2(c3ccccc3-c3c(-c4ccc(Cl)c5ccccc45)cccc32)c2ccccc21.CC1(C)c2ccccc2C2(c3ccccc3-c3c(-c4ccc(N(c5ccccc5)c5ccc(-c6ccccc6)cc5)c5ccccc45)cccc32)c2ccccc21.c1ccc(Nc2ccc(-c3ccccc3)cc2)cc1. The van der Waals surface area contributed by atoms with Crippen LogP contribution in [0.15, 0.2) is 425 Å². The maximum atomic E-state index is 6.67. The summed E-state index contributed by atoms with van der Waals surface area (Å²) in [4.78, 5) is 2.40. The predicted octanol–water partition coefficient (Wildman–Crippen LogP) is 30.5. The van der Waals surface area contributed by atoms with Crippen LogP contribution in [-0.4, -0.2) is 0 Å². The Morgan fingerprint density at radius 1 is 0.216 bits per heavy atom. The zero-order chi connectivity index (χ0) is 77.4. The summed E-state index contributed by atoms with van der Waals surface area (Å²) in [5.41, 5.74) is 36.3. The van der Waals surface area contributed by atoms with Gasteiger partial charge >= 0.3 is 0 Å². The molecule has 2 spiro atoms. The molecule has 0 bridgehead atoms. The second-order valence-corrected chi connectivity index (χ2v) is 32.2. The quantitative estimate of drug-likeness (QED) is 0.155. The van der Waals surface area contributed by atoms with E-state index in [2.05, 4.69) is 432 Å². The summed E-state index contributed by atoms with van der Waals surface area (Å²) in [5, 5.41) is 8.88. The van der Waals surface area contributed by atoms with Crippen LogP contribution in [-0.2, 0) is 21.7 Å². The van der Waals surface area contributed by atoms with Crippen molar-refractivity contribution in [2.75, 3.05) is 10.2 Å². The van der Waals surface area contributed by atoms with Crippen molar-refractivity contribution < 1.29 is 0 Å². The van der Waals surface area contributed by atoms with E-state index in [1.807, 2.05) is 30.3 Å². The lowest BCUT2D eigenvalue weighted by atomic mass is 9.55. The number of nitrogens with zero attached hydrogens (tertiary/aromatic N) is 1. The third-order valence-corrected chi connectivity index (χ3v) is 25.4. The van der Waals surface area contributed by atoms with Gasteiger partial charge in [-0.1, -0.05) is 411 Å². The Morgan fingerprint density at radius 2 is 0.517 bits per heavy atom. The van der Waals surface area contributed by atoms with E-state index in [1.165, 1.54) is 150 Å². The van der Waals surface area contributed by atoms with Crippen LogP contribution in [0.5, 0.6) is 0 Å². The molecule has 4 aliphatic rings. The third-order valence-electron chi connectivity index (χ3n) is 25.1. The van der Waals surface area contributed by atoms with E-state index in [0.717, 1.165) is 38.8 Å². The molecule has 22 rings (SSSR count). The zero-order valence-electron chi connectivity index (χ0n) is 64.7. The molecule has 0 saturated heterocycles. The number of halogens is 1. The Hall–Kier alpha value is -13.6. The number of para-hydroxylation sites is 2. The highest BCUT2D eigenvalue weighted by Gasteiger charge is 2.55. The Balaban J connectivity index is 0.000000131. The van der Waals surface area contributed by atoms with Crippen LogP contribution in [0, 0.1) is 0 Å². The maximum absolute atomic E-state index is 6.67. The molecule has 0 saturated carbocycles. The summed E-state index contributed by atoms with van der Waals surface area (Å²) in [7, 11) is 0. The van der Waals surface area contributed by atoms with Gasteiger partial charge in [0.15, 0.2) is 0 Å². The minimum Gasteiger partial charge on any atom is -0.356 e. The number of rotatable bonds is 9. The van der Waals surface area contributed by atoms with Gasteiger partial charge in [-0.3, -0.25) is 0 Å². The minimum atomic E-state index is -0.434. The lowest BCUT2D eigenvalue weighted by Crippen LogP contribution is -2.40. The highest BCUT2D eigenvalue weighted by atomic mass is 35.5. The van der Waals surface area contributed by atoms with Gasteiger partial charge in [-0.15, -0.1) is 0 Å². The lowest BCUT2D eigenvalue weighted by molar-refractivity contribution is 0.563. The van der Waals surface area contributed by atoms with Crippen LogP contribution in [0.4, 0.5) is 28.4 Å². The first kappa shape index (κ1) is 72.6. The van der Waals surface area contributed by atoms with Gasteiger partial charge in [0.25, 0.3) is 0 Å². The van der Waals surface area contributed by atoms with Crippen molar-refractivity contribution in [3.63, 3.8) is 0 Å². The highest BCUT2D eigenvalue weighted by Crippen LogP contribution is 2.66. The Kier molecular flexibility index (Phi) is 18.4. The first-order valence-electron chi connectivity index (χ1n) is 40.1. The van der Waals surface area contributed by atoms with Crippen molar-refractivity contribution in [1.82, 2.24) is 0 Å². The molecule has 18 aromatic carbocycles. The van der Waals surface area contributed by atoms with Crippen LogP contribution in [0.1, 0.15) is 102 Å². The topological polar surface area (TPSA) is 15.3 Å². The summed E-state index contributed by atoms with van der Waals surface area (Å²) in [5.74, 6) is 0. The number of anilines is 5. The maximum Gasteiger partial charge on any atom is 0.0719 e. The second kappa shape index (κ2) is 29.4. The molecule has 0 aliphatic heterocycles. The van der Waals surface area contributed by atoms with E-state index in [-0.39, 0.29) is 23.7 Å². The number of hydrogen-bond acceptors (Lipinski definition) is 2. The monoisotopic (exact) mass is 1510 g/mol. The van der Waals surface area contributed by atoms with E-state index >= 15 is 0 Å². The van der Waals surface area contributed by atoms with E-state index in [0.29, 0.717) is 0 Å². The van der Waals surface area contributed by atoms with Gasteiger partial charge in [0.05, 0.1) is 16.5 Å². The van der Waals surface area contributed by atoms with Crippen LogP contribution in [0.2, 0.25) is 5.02 Å². The van der Waals surface area contributed by atoms with Gasteiger partial charge in [-0.2, -0.15) is 0 Å². The van der Waals surface area contributed by atoms with E-state index in [9.17, 15) is 0 Å². The molecule has 18 aromatic rings. The van der Waals surface area contributed by atoms with E-state index in [4.69, 9.17) is 11.6 Å². The van der Waals surface area contributed by atoms with Crippen LogP contribution in [0.25, 0.3) is 88.3 Å². The van der Waals surface area contributed by atoms with Crippen molar-refractivity contribution in [2.24, 2.45) is 0 Å². The lowest BCUT2D eigenvalue weighted by Gasteiger charge is -2.46. The largest absolute Gasteiger partial charge is 0.356 e. The van der Waals surface area contributed by atoms with Gasteiger partial charge < -0.3 is 10.2 Å². The Morgan fingerprint density at radius 3 is 0.966 bits per heavy atom. The molecule has 116 heavy (non-hydrogen) atoms. The fourth-order valence-electron chi connectivity index (χ4n) is 20.0. The molecule has 556 valence electrons. The molecular formula is C113H87ClN2. The fraction of sp³-hybridized carbons (Fsp3) is 0.0796. The van der Waals surface area contributed by atoms with E-state index in [1.54, 1.807) is 0 Å². The fourth-order valence-corrected chi connectivity index (χ4v) is 20.2. The molecule has 0 aromatic heterocycles. The summed E-state index contributed by atoms with van der Waals surface area (Å²) < 4.78 is 0. The minimum absolute atomic E-state index is 0. The molecule has 0 amide bonds. The summed E-state index contributed by atoms with van der Waals surface area (Å²) in [6, 6.07) is 155. The number of nitrogens with one attached hydrogen (secondary N) is 1. The molecule has 0 heterocycles. The van der Waals surface area contributed by atoms with Crippen molar-refractivity contribution >= 4 is 61.6 Å². The number of hydrogen-bond donors (Lipinski definition) is 1. The normalized spacial score (nSPS) is 13.8. The van der Waals surface area contributed by atoms with Gasteiger partial charge in [0.2, 0.25) is 0 Å². The van der Waals surface area contributed by atoms with Crippen molar-refractivity contribution in [3.05, 3.63) is 496 Å². The highest BCUT2D eigenvalue weighted by molar-refractivity contribution is 6.36. The molecule has 0 unspecified atom stereocenters. The van der Waals surface area contributed by atoms with Gasteiger partial charge in [-0.05, 0) is 205 Å². The number of benzene rings is 18. The smallest absolute Gasteiger partial charge is 0.0719 e. The summed E-state index contributed by atoms with van der Waals surface area (Å²) in [6.07, 6.45) is 0. The van der Waals surface area contributed by atoms with Crippen LogP contribution in [0.3, 0.4) is 0 Å². The molecule has 0 atom stereocenters. The third kappa shape index (κ3) is 11.6. The van der Waals surface area contributed by atoms with Crippen molar-refractivity contribution in [2.45, 2.75) is 56.8 Å². The Labute approximate surface area is 687 Å². The standard InChI is InChI=1S/C56H41N.C38H27Cl.C18H15N.CH4/c1-55(2)48-27-13-15-29-50(48)56(51-30-16-14-28-49(51)55)47-26-12-11-24-46(47)54-45(25-17-31-52(54)56)43-36-37-53(44-23-10-9-22-42(43)44)57(40-20-7-4-8-21-40)41-34-32-39(33-35-41)38-18-5-3-6-19-38;1-37(2)30-17-7-9-19-32(30)38(33-20-10-8-18-31(33)37)29-16-6-5-14-28(29)36-27(15-11-21-34(36)38)25-22-23-35(39)26-13-4-3-12-24(25)26;1-3-7-15(8-4-1)16-11-13-18(14-12-16)19-17-9-5-2-6-10-17;/h3-37H,1-2H3;3-23H,1-2H3;1-14,19H;1H4. The first-order valence-corrected chi connectivity index (χ1v) is 40.5. The first-order chi connectivity index (χ1) is 56.5. The second-order valence-electron chi connectivity index (χ2n) is 31.8.